The summed E-state index contributed by atoms with van der Waals surface area (Å²) in [6.45, 7) is 4.26. The third kappa shape index (κ3) is 2.00. The number of rotatable bonds is 0. The van der Waals surface area contributed by atoms with Gasteiger partial charge in [0.1, 0.15) is 0 Å². The molecule has 1 fully saturated rings. The van der Waals surface area contributed by atoms with Crippen LogP contribution in [0.5, 0.6) is 0 Å². The van der Waals surface area contributed by atoms with Crippen LogP contribution in [0.1, 0.15) is 33.1 Å². The molecule has 1 aliphatic heterocycles. The fraction of sp³-hybridized carbons (Fsp3) is 0.818. The molecule has 0 aromatic rings. The lowest BCUT2D eigenvalue weighted by atomic mass is 9.93. The monoisotopic (exact) mass is 212 g/mol. The Kier molecular flexibility index (Phi) is 2.91. The van der Waals surface area contributed by atoms with E-state index < -0.39 is 0 Å². The van der Waals surface area contributed by atoms with E-state index in [0.717, 1.165) is 25.0 Å². The minimum atomic E-state index is 0.321. The average molecular weight is 213 g/mol. The van der Waals surface area contributed by atoms with Gasteiger partial charge in [0.15, 0.2) is 0 Å². The molecule has 1 saturated carbocycles. The molecule has 4 atom stereocenters. The van der Waals surface area contributed by atoms with Crippen molar-refractivity contribution in [2.75, 3.05) is 0 Å². The Morgan fingerprint density at radius 3 is 3.00 bits per heavy atom. The van der Waals surface area contributed by atoms with Crippen LogP contribution in [0.4, 0.5) is 0 Å². The summed E-state index contributed by atoms with van der Waals surface area (Å²) >= 11 is 6.22. The lowest BCUT2D eigenvalue weighted by Gasteiger charge is -2.26. The van der Waals surface area contributed by atoms with Gasteiger partial charge in [0.05, 0.1) is 12.1 Å². The van der Waals surface area contributed by atoms with Crippen LogP contribution in [-0.4, -0.2) is 29.4 Å². The van der Waals surface area contributed by atoms with Gasteiger partial charge < -0.3 is 0 Å². The molecule has 14 heavy (non-hydrogen) atoms. The fourth-order valence-electron chi connectivity index (χ4n) is 2.44. The summed E-state index contributed by atoms with van der Waals surface area (Å²) in [5, 5.41) is 0.321. The third-order valence-electron chi connectivity index (χ3n) is 3.18. The number of hydrogen-bond donors (Lipinski definition) is 0. The van der Waals surface area contributed by atoms with E-state index in [4.69, 9.17) is 11.6 Å². The van der Waals surface area contributed by atoms with E-state index in [2.05, 4.69) is 16.9 Å². The Balaban J connectivity index is 2.17. The molecule has 0 spiro atoms. The van der Waals surface area contributed by atoms with Gasteiger partial charge in [-0.3, -0.25) is 9.98 Å². The van der Waals surface area contributed by atoms with E-state index in [1.165, 1.54) is 0 Å². The summed E-state index contributed by atoms with van der Waals surface area (Å²) in [7, 11) is 0. The molecule has 2 aliphatic rings. The Morgan fingerprint density at radius 1 is 1.43 bits per heavy atom. The van der Waals surface area contributed by atoms with Crippen molar-refractivity contribution in [1.82, 2.24) is 0 Å². The first-order chi connectivity index (χ1) is 6.66. The van der Waals surface area contributed by atoms with E-state index in [9.17, 15) is 0 Å². The SMILES string of the molecule is CC1=NC2CCC(Cl)CC(C)C2N=C1. The van der Waals surface area contributed by atoms with Crippen molar-refractivity contribution in [1.29, 1.82) is 0 Å². The normalized spacial score (nSPS) is 42.6. The topological polar surface area (TPSA) is 24.7 Å². The second-order valence-electron chi connectivity index (χ2n) is 4.49. The number of alkyl halides is 1. The van der Waals surface area contributed by atoms with E-state index in [0.29, 0.717) is 23.4 Å². The lowest BCUT2D eigenvalue weighted by molar-refractivity contribution is 0.397. The molecule has 0 bridgehead atoms. The zero-order chi connectivity index (χ0) is 10.1. The van der Waals surface area contributed by atoms with Crippen LogP contribution in [0.2, 0.25) is 0 Å². The Morgan fingerprint density at radius 2 is 2.21 bits per heavy atom. The molecule has 1 heterocycles. The van der Waals surface area contributed by atoms with Crippen molar-refractivity contribution in [2.45, 2.75) is 50.6 Å². The Hall–Kier alpha value is -0.370. The van der Waals surface area contributed by atoms with Crippen LogP contribution in [0.3, 0.4) is 0 Å². The van der Waals surface area contributed by atoms with Gasteiger partial charge in [0, 0.05) is 17.3 Å². The Bertz CT molecular complexity index is 272. The van der Waals surface area contributed by atoms with Crippen molar-refractivity contribution >= 4 is 23.5 Å². The minimum absolute atomic E-state index is 0.321. The molecule has 4 unspecified atom stereocenters. The van der Waals surface area contributed by atoms with Crippen molar-refractivity contribution in [3.63, 3.8) is 0 Å². The maximum atomic E-state index is 6.22. The zero-order valence-electron chi connectivity index (χ0n) is 8.78. The summed E-state index contributed by atoms with van der Waals surface area (Å²) < 4.78 is 0. The predicted molar refractivity (Wildman–Crippen MR) is 61.8 cm³/mol. The molecule has 78 valence electrons. The largest absolute Gasteiger partial charge is 0.285 e. The van der Waals surface area contributed by atoms with Gasteiger partial charge in [-0.25, -0.2) is 0 Å². The van der Waals surface area contributed by atoms with E-state index in [1.807, 2.05) is 13.1 Å². The number of aliphatic imine (C=N–C) groups is 2. The molecule has 0 N–H and O–H groups in total. The molecule has 3 heteroatoms. The quantitative estimate of drug-likeness (QED) is 0.552. The standard InChI is InChI=1S/C11H17ClN2/c1-7-5-9(12)3-4-10-11(7)13-6-8(2)14-10/h6-7,9-11H,3-5H2,1-2H3. The molecule has 0 aromatic heterocycles. The van der Waals surface area contributed by atoms with Crippen LogP contribution < -0.4 is 0 Å². The average Bonchev–Trinajstić information content (AvgIpc) is 2.26. The van der Waals surface area contributed by atoms with Gasteiger partial charge in [-0.15, -0.1) is 11.6 Å². The molecule has 1 aliphatic carbocycles. The van der Waals surface area contributed by atoms with E-state index in [1.54, 1.807) is 0 Å². The highest BCUT2D eigenvalue weighted by atomic mass is 35.5. The highest BCUT2D eigenvalue weighted by Gasteiger charge is 2.32. The first kappa shape index (κ1) is 10.2. The molecule has 2 nitrogen and oxygen atoms in total. The van der Waals surface area contributed by atoms with E-state index in [-0.39, 0.29) is 0 Å². The maximum Gasteiger partial charge on any atom is 0.0749 e. The van der Waals surface area contributed by atoms with Crippen LogP contribution >= 0.6 is 11.6 Å². The van der Waals surface area contributed by atoms with Gasteiger partial charge in [0.2, 0.25) is 0 Å². The van der Waals surface area contributed by atoms with Crippen molar-refractivity contribution in [3.05, 3.63) is 0 Å². The smallest absolute Gasteiger partial charge is 0.0749 e. The molecule has 0 aromatic carbocycles. The number of fused-ring (bicyclic) bond motifs is 1. The summed E-state index contributed by atoms with van der Waals surface area (Å²) in [4.78, 5) is 9.25. The van der Waals surface area contributed by atoms with Crippen LogP contribution in [0.25, 0.3) is 0 Å². The molecule has 0 radical (unpaired) electrons. The maximum absolute atomic E-state index is 6.22. The van der Waals surface area contributed by atoms with E-state index >= 15 is 0 Å². The number of halogens is 1. The van der Waals surface area contributed by atoms with Gasteiger partial charge in [-0.05, 0) is 32.1 Å². The summed E-state index contributed by atoms with van der Waals surface area (Å²) in [6.07, 6.45) is 5.16. The lowest BCUT2D eigenvalue weighted by Crippen LogP contribution is -2.32. The molecule has 0 saturated heterocycles. The second-order valence-corrected chi connectivity index (χ2v) is 5.11. The first-order valence-corrected chi connectivity index (χ1v) is 5.82. The van der Waals surface area contributed by atoms with Gasteiger partial charge in [0.25, 0.3) is 0 Å². The van der Waals surface area contributed by atoms with Crippen molar-refractivity contribution < 1.29 is 0 Å². The number of nitrogens with zero attached hydrogens (tertiary/aromatic N) is 2. The minimum Gasteiger partial charge on any atom is -0.285 e. The molecular weight excluding hydrogens is 196 g/mol. The van der Waals surface area contributed by atoms with Crippen LogP contribution in [0, 0.1) is 5.92 Å². The van der Waals surface area contributed by atoms with Crippen LogP contribution in [-0.2, 0) is 0 Å². The molecule has 0 amide bonds. The predicted octanol–water partition coefficient (Wildman–Crippen LogP) is 2.70. The van der Waals surface area contributed by atoms with Crippen molar-refractivity contribution in [3.8, 4) is 0 Å². The zero-order valence-corrected chi connectivity index (χ0v) is 9.54. The highest BCUT2D eigenvalue weighted by molar-refractivity contribution is 6.30. The van der Waals surface area contributed by atoms with Gasteiger partial charge in [-0.2, -0.15) is 0 Å². The summed E-state index contributed by atoms with van der Waals surface area (Å²) in [6, 6.07) is 0.765. The summed E-state index contributed by atoms with van der Waals surface area (Å²) in [5.41, 5.74) is 1.06. The molecule has 2 rings (SSSR count). The van der Waals surface area contributed by atoms with Gasteiger partial charge >= 0.3 is 0 Å². The highest BCUT2D eigenvalue weighted by Crippen LogP contribution is 2.31. The Labute approximate surface area is 90.5 Å². The molecular formula is C11H17ClN2. The van der Waals surface area contributed by atoms with Gasteiger partial charge in [-0.1, -0.05) is 6.92 Å². The first-order valence-electron chi connectivity index (χ1n) is 5.38. The summed E-state index contributed by atoms with van der Waals surface area (Å²) in [5.74, 6) is 0.568. The fourth-order valence-corrected chi connectivity index (χ4v) is 2.85. The van der Waals surface area contributed by atoms with Crippen LogP contribution in [0.15, 0.2) is 9.98 Å². The van der Waals surface area contributed by atoms with Crippen molar-refractivity contribution in [2.24, 2.45) is 15.9 Å². The second kappa shape index (κ2) is 4.01. The third-order valence-corrected chi connectivity index (χ3v) is 3.58. The number of hydrogen-bond acceptors (Lipinski definition) is 2.